The summed E-state index contributed by atoms with van der Waals surface area (Å²) in [6.45, 7) is 6.07. The molecule has 1 heterocycles. The number of amides is 2. The molecule has 6 nitrogen and oxygen atoms in total. The summed E-state index contributed by atoms with van der Waals surface area (Å²) >= 11 is 0. The van der Waals surface area contributed by atoms with Crippen molar-refractivity contribution in [2.24, 2.45) is 0 Å². The van der Waals surface area contributed by atoms with Crippen LogP contribution in [0.3, 0.4) is 0 Å². The second-order valence-electron chi connectivity index (χ2n) is 6.60. The highest BCUT2D eigenvalue weighted by Crippen LogP contribution is 2.20. The van der Waals surface area contributed by atoms with Gasteiger partial charge in [-0.2, -0.15) is 0 Å². The molecule has 0 radical (unpaired) electrons. The van der Waals surface area contributed by atoms with E-state index in [0.717, 1.165) is 0 Å². The fraction of sp³-hybridized carbons (Fsp3) is 0.333. The van der Waals surface area contributed by atoms with Gasteiger partial charge in [0.1, 0.15) is 5.75 Å². The maximum absolute atomic E-state index is 12.8. The monoisotopic (exact) mass is 368 g/mol. The van der Waals surface area contributed by atoms with Crippen molar-refractivity contribution < 1.29 is 19.1 Å². The number of rotatable bonds is 5. The fourth-order valence-electron chi connectivity index (χ4n) is 2.87. The normalized spacial score (nSPS) is 14.1. The molecule has 2 aromatic rings. The molecule has 2 amide bonds. The molecule has 142 valence electrons. The van der Waals surface area contributed by atoms with E-state index in [0.29, 0.717) is 48.9 Å². The van der Waals surface area contributed by atoms with Crippen molar-refractivity contribution in [1.29, 1.82) is 0 Å². The van der Waals surface area contributed by atoms with E-state index in [1.165, 1.54) is 0 Å². The van der Waals surface area contributed by atoms with Gasteiger partial charge in [0.05, 0.1) is 30.6 Å². The molecule has 0 saturated carbocycles. The van der Waals surface area contributed by atoms with E-state index in [4.69, 9.17) is 9.47 Å². The van der Waals surface area contributed by atoms with Crippen LogP contribution in [0.4, 0.5) is 5.69 Å². The lowest BCUT2D eigenvalue weighted by Gasteiger charge is -2.27. The molecule has 0 aromatic heterocycles. The van der Waals surface area contributed by atoms with E-state index in [1.807, 2.05) is 13.8 Å². The Hall–Kier alpha value is -2.86. The summed E-state index contributed by atoms with van der Waals surface area (Å²) < 4.78 is 10.9. The molecule has 3 rings (SSSR count). The van der Waals surface area contributed by atoms with Crippen molar-refractivity contribution in [3.05, 3.63) is 59.7 Å². The summed E-state index contributed by atoms with van der Waals surface area (Å²) in [5, 5.41) is 2.85. The largest absolute Gasteiger partial charge is 0.491 e. The van der Waals surface area contributed by atoms with Gasteiger partial charge < -0.3 is 19.7 Å². The first-order valence-corrected chi connectivity index (χ1v) is 9.08. The lowest BCUT2D eigenvalue weighted by Crippen LogP contribution is -2.41. The van der Waals surface area contributed by atoms with Crippen molar-refractivity contribution in [1.82, 2.24) is 4.90 Å². The Labute approximate surface area is 159 Å². The Kier molecular flexibility index (Phi) is 6.08. The Morgan fingerprint density at radius 3 is 2.37 bits per heavy atom. The van der Waals surface area contributed by atoms with E-state index >= 15 is 0 Å². The highest BCUT2D eigenvalue weighted by molar-refractivity contribution is 6.09. The van der Waals surface area contributed by atoms with Crippen molar-refractivity contribution in [3.63, 3.8) is 0 Å². The van der Waals surface area contributed by atoms with Gasteiger partial charge in [0.25, 0.3) is 11.8 Å². The van der Waals surface area contributed by atoms with E-state index in [1.54, 1.807) is 53.4 Å². The van der Waals surface area contributed by atoms with Gasteiger partial charge in [-0.05, 0) is 50.2 Å². The summed E-state index contributed by atoms with van der Waals surface area (Å²) in [6.07, 6.45) is 0.0720. The van der Waals surface area contributed by atoms with Gasteiger partial charge in [0.2, 0.25) is 0 Å². The molecule has 1 aliphatic heterocycles. The quantitative estimate of drug-likeness (QED) is 0.880. The predicted molar refractivity (Wildman–Crippen MR) is 103 cm³/mol. The van der Waals surface area contributed by atoms with E-state index in [2.05, 4.69) is 5.32 Å². The summed E-state index contributed by atoms with van der Waals surface area (Å²) in [5.41, 5.74) is 1.48. The average Bonchev–Trinajstić information content (AvgIpc) is 2.68. The van der Waals surface area contributed by atoms with Gasteiger partial charge in [-0.1, -0.05) is 12.1 Å². The Morgan fingerprint density at radius 2 is 1.70 bits per heavy atom. The van der Waals surface area contributed by atoms with Crippen LogP contribution >= 0.6 is 0 Å². The van der Waals surface area contributed by atoms with Crippen LogP contribution in [-0.4, -0.2) is 49.1 Å². The second kappa shape index (κ2) is 8.68. The number of hydrogen-bond donors (Lipinski definition) is 1. The Morgan fingerprint density at radius 1 is 1.04 bits per heavy atom. The zero-order valence-corrected chi connectivity index (χ0v) is 15.6. The Bertz CT molecular complexity index is 796. The van der Waals surface area contributed by atoms with Crippen molar-refractivity contribution in [3.8, 4) is 5.75 Å². The molecule has 1 saturated heterocycles. The van der Waals surface area contributed by atoms with Crippen LogP contribution < -0.4 is 10.1 Å². The second-order valence-corrected chi connectivity index (χ2v) is 6.60. The maximum Gasteiger partial charge on any atom is 0.256 e. The van der Waals surface area contributed by atoms with Crippen LogP contribution in [0.5, 0.6) is 5.75 Å². The summed E-state index contributed by atoms with van der Waals surface area (Å²) in [5.74, 6) is 0.340. The SMILES string of the molecule is CC(C)Oc1ccc(C(=O)Nc2ccccc2C(=O)N2CCOCC2)cc1. The molecule has 1 fully saturated rings. The zero-order chi connectivity index (χ0) is 19.2. The molecule has 0 aliphatic carbocycles. The number of carbonyl (C=O) groups is 2. The van der Waals surface area contributed by atoms with E-state index in [-0.39, 0.29) is 17.9 Å². The van der Waals surface area contributed by atoms with Crippen LogP contribution in [0.1, 0.15) is 34.6 Å². The number of morpholine rings is 1. The van der Waals surface area contributed by atoms with Crippen LogP contribution in [0, 0.1) is 0 Å². The van der Waals surface area contributed by atoms with Crippen LogP contribution in [0.2, 0.25) is 0 Å². The van der Waals surface area contributed by atoms with Crippen LogP contribution in [-0.2, 0) is 4.74 Å². The number of nitrogens with one attached hydrogen (secondary N) is 1. The molecule has 1 aliphatic rings. The third kappa shape index (κ3) is 4.86. The molecule has 27 heavy (non-hydrogen) atoms. The van der Waals surface area contributed by atoms with Gasteiger partial charge in [0, 0.05) is 18.7 Å². The Balaban J connectivity index is 1.73. The zero-order valence-electron chi connectivity index (χ0n) is 15.6. The first-order chi connectivity index (χ1) is 13.0. The highest BCUT2D eigenvalue weighted by atomic mass is 16.5. The number of nitrogens with zero attached hydrogens (tertiary/aromatic N) is 1. The molecule has 6 heteroatoms. The first-order valence-electron chi connectivity index (χ1n) is 9.08. The molecule has 0 unspecified atom stereocenters. The number of hydrogen-bond acceptors (Lipinski definition) is 4. The number of benzene rings is 2. The predicted octanol–water partition coefficient (Wildman–Crippen LogP) is 3.20. The molecular weight excluding hydrogens is 344 g/mol. The molecule has 0 atom stereocenters. The lowest BCUT2D eigenvalue weighted by atomic mass is 10.1. The summed E-state index contributed by atoms with van der Waals surface area (Å²) in [4.78, 5) is 27.1. The minimum Gasteiger partial charge on any atom is -0.491 e. The highest BCUT2D eigenvalue weighted by Gasteiger charge is 2.21. The summed E-state index contributed by atoms with van der Waals surface area (Å²) in [7, 11) is 0. The maximum atomic E-state index is 12.8. The number of anilines is 1. The summed E-state index contributed by atoms with van der Waals surface area (Å²) in [6, 6.07) is 14.0. The van der Waals surface area contributed by atoms with Crippen molar-refractivity contribution >= 4 is 17.5 Å². The smallest absolute Gasteiger partial charge is 0.256 e. The molecule has 2 aromatic carbocycles. The minimum absolute atomic E-state index is 0.0720. The third-order valence-corrected chi connectivity index (χ3v) is 4.19. The fourth-order valence-corrected chi connectivity index (χ4v) is 2.87. The first kappa shape index (κ1) is 18.9. The molecular formula is C21H24N2O4. The van der Waals surface area contributed by atoms with Gasteiger partial charge in [-0.3, -0.25) is 9.59 Å². The average molecular weight is 368 g/mol. The van der Waals surface area contributed by atoms with E-state index < -0.39 is 0 Å². The van der Waals surface area contributed by atoms with E-state index in [9.17, 15) is 9.59 Å². The van der Waals surface area contributed by atoms with Gasteiger partial charge in [-0.25, -0.2) is 0 Å². The third-order valence-electron chi connectivity index (χ3n) is 4.19. The lowest BCUT2D eigenvalue weighted by molar-refractivity contribution is 0.0303. The van der Waals surface area contributed by atoms with Crippen molar-refractivity contribution in [2.75, 3.05) is 31.6 Å². The number of ether oxygens (including phenoxy) is 2. The van der Waals surface area contributed by atoms with Crippen LogP contribution in [0.15, 0.2) is 48.5 Å². The minimum atomic E-state index is -0.270. The van der Waals surface area contributed by atoms with Gasteiger partial charge in [0.15, 0.2) is 0 Å². The standard InChI is InChI=1S/C21H24N2O4/c1-15(2)27-17-9-7-16(8-10-17)20(24)22-19-6-4-3-5-18(19)21(25)23-11-13-26-14-12-23/h3-10,15H,11-14H2,1-2H3,(H,22,24). The topological polar surface area (TPSA) is 67.9 Å². The van der Waals surface area contributed by atoms with Gasteiger partial charge in [-0.15, -0.1) is 0 Å². The van der Waals surface area contributed by atoms with Gasteiger partial charge >= 0.3 is 0 Å². The molecule has 1 N–H and O–H groups in total. The number of para-hydroxylation sites is 1. The number of carbonyl (C=O) groups excluding carboxylic acids is 2. The van der Waals surface area contributed by atoms with Crippen LogP contribution in [0.25, 0.3) is 0 Å². The van der Waals surface area contributed by atoms with Crippen molar-refractivity contribution in [2.45, 2.75) is 20.0 Å². The molecule has 0 spiro atoms. The molecule has 0 bridgehead atoms.